The lowest BCUT2D eigenvalue weighted by Crippen LogP contribution is -2.35. The summed E-state index contributed by atoms with van der Waals surface area (Å²) < 4.78 is 37.8. The van der Waals surface area contributed by atoms with Crippen LogP contribution < -0.4 is 14.8 Å². The fourth-order valence-electron chi connectivity index (χ4n) is 4.87. The van der Waals surface area contributed by atoms with E-state index in [-0.39, 0.29) is 48.3 Å². The number of anilines is 2. The zero-order chi connectivity index (χ0) is 35.0. The van der Waals surface area contributed by atoms with Crippen LogP contribution in [0.15, 0.2) is 121 Å². The third-order valence-corrected chi connectivity index (χ3v) is 9.57. The van der Waals surface area contributed by atoms with Crippen molar-refractivity contribution in [3.8, 4) is 17.2 Å². The van der Waals surface area contributed by atoms with Gasteiger partial charge in [-0.1, -0.05) is 18.2 Å². The van der Waals surface area contributed by atoms with Gasteiger partial charge in [0.05, 0.1) is 38.0 Å². The van der Waals surface area contributed by atoms with Gasteiger partial charge in [-0.25, -0.2) is 8.42 Å². The van der Waals surface area contributed by atoms with Gasteiger partial charge in [-0.05, 0) is 66.0 Å². The molecule has 0 heterocycles. The summed E-state index contributed by atoms with van der Waals surface area (Å²) in [6.07, 6.45) is 0. The average Bonchev–Trinajstić information content (AvgIpc) is 3.11. The van der Waals surface area contributed by atoms with Crippen LogP contribution in [0, 0.1) is 0 Å². The predicted molar refractivity (Wildman–Crippen MR) is 190 cm³/mol. The molecule has 5 rings (SSSR count). The minimum Gasteiger partial charge on any atom is -0.505 e. The Balaban J connectivity index is 1.38. The van der Waals surface area contributed by atoms with Crippen molar-refractivity contribution < 1.29 is 33.2 Å². The number of hydrogen-bond donors (Lipinski definition) is 5. The Morgan fingerprint density at radius 1 is 0.755 bits per heavy atom. The number of para-hydroxylation sites is 1. The average molecular weight is 703 g/mol. The van der Waals surface area contributed by atoms with E-state index in [0.29, 0.717) is 33.2 Å². The third-order valence-electron chi connectivity index (χ3n) is 7.31. The number of fused-ring (bicyclic) bond motifs is 1. The van der Waals surface area contributed by atoms with Gasteiger partial charge in [-0.15, -0.1) is 28.0 Å². The quantitative estimate of drug-likeness (QED) is 0.0587. The summed E-state index contributed by atoms with van der Waals surface area (Å²) in [5, 5.41) is 51.3. The first kappa shape index (κ1) is 35.3. The minimum absolute atomic E-state index is 0.0195. The number of benzene rings is 5. The number of phenolic OH excluding ortho intramolecular Hbond substituents is 1. The van der Waals surface area contributed by atoms with E-state index in [0.717, 1.165) is 21.1 Å². The lowest BCUT2D eigenvalue weighted by atomic mass is 10.1. The molecule has 0 aromatic heterocycles. The van der Waals surface area contributed by atoms with Crippen molar-refractivity contribution in [1.29, 1.82) is 0 Å². The molecule has 0 saturated carbocycles. The fraction of sp³-hybridized carbons (Fsp3) is 0.176. The number of sulfonamides is 1. The van der Waals surface area contributed by atoms with Gasteiger partial charge in [0, 0.05) is 46.9 Å². The van der Waals surface area contributed by atoms with Crippen molar-refractivity contribution in [2.45, 2.75) is 9.79 Å². The number of nitrogens with zero attached hydrogens (tertiary/aromatic N) is 5. The van der Waals surface area contributed by atoms with E-state index in [1.807, 2.05) is 42.5 Å². The van der Waals surface area contributed by atoms with Gasteiger partial charge in [0.15, 0.2) is 5.75 Å². The second-order valence-corrected chi connectivity index (χ2v) is 12.9. The highest BCUT2D eigenvalue weighted by Crippen LogP contribution is 2.44. The number of hydrogen-bond acceptors (Lipinski definition) is 13. The van der Waals surface area contributed by atoms with Crippen LogP contribution in [0.3, 0.4) is 0 Å². The van der Waals surface area contributed by atoms with Crippen LogP contribution in [0.2, 0.25) is 0 Å². The number of rotatable bonds is 14. The number of aromatic hydroxyl groups is 1. The zero-order valence-corrected chi connectivity index (χ0v) is 28.3. The van der Waals surface area contributed by atoms with Gasteiger partial charge < -0.3 is 30.1 Å². The predicted octanol–water partition coefficient (Wildman–Crippen LogP) is 7.40. The van der Waals surface area contributed by atoms with Crippen LogP contribution >= 0.6 is 12.6 Å². The first-order chi connectivity index (χ1) is 23.7. The van der Waals surface area contributed by atoms with E-state index >= 15 is 0 Å². The smallest absolute Gasteiger partial charge is 0.243 e. The molecule has 0 atom stereocenters. The first-order valence-electron chi connectivity index (χ1n) is 14.9. The minimum atomic E-state index is -3.93. The van der Waals surface area contributed by atoms with Crippen molar-refractivity contribution in [2.24, 2.45) is 20.5 Å². The Morgan fingerprint density at radius 2 is 1.37 bits per heavy atom. The van der Waals surface area contributed by atoms with Crippen molar-refractivity contribution in [3.63, 3.8) is 0 Å². The van der Waals surface area contributed by atoms with Gasteiger partial charge in [0.2, 0.25) is 10.0 Å². The topological polar surface area (TPSA) is 178 Å². The molecule has 0 spiro atoms. The maximum Gasteiger partial charge on any atom is 0.243 e. The normalized spacial score (nSPS) is 12.0. The fourth-order valence-corrected chi connectivity index (χ4v) is 6.59. The lowest BCUT2D eigenvalue weighted by molar-refractivity contribution is 0.217. The molecule has 254 valence electrons. The van der Waals surface area contributed by atoms with Crippen molar-refractivity contribution >= 4 is 67.5 Å². The van der Waals surface area contributed by atoms with Crippen molar-refractivity contribution in [2.75, 3.05) is 45.8 Å². The summed E-state index contributed by atoms with van der Waals surface area (Å²) in [6.45, 7) is -1.05. The molecule has 15 heteroatoms. The molecule has 0 fully saturated rings. The van der Waals surface area contributed by atoms with Crippen LogP contribution in [0.5, 0.6) is 17.2 Å². The van der Waals surface area contributed by atoms with E-state index < -0.39 is 10.0 Å². The summed E-state index contributed by atoms with van der Waals surface area (Å²) in [4.78, 5) is 0.393. The van der Waals surface area contributed by atoms with Gasteiger partial charge in [-0.2, -0.15) is 9.42 Å². The first-order valence-corrected chi connectivity index (χ1v) is 16.8. The highest BCUT2D eigenvalue weighted by molar-refractivity contribution is 7.89. The van der Waals surface area contributed by atoms with Crippen molar-refractivity contribution in [1.82, 2.24) is 4.31 Å². The second-order valence-electron chi connectivity index (χ2n) is 10.5. The molecule has 49 heavy (non-hydrogen) atoms. The molecule has 13 nitrogen and oxygen atoms in total. The number of azo groups is 2. The lowest BCUT2D eigenvalue weighted by Gasteiger charge is -2.20. The number of aliphatic hydroxyl groups excluding tert-OH is 2. The van der Waals surface area contributed by atoms with Crippen LogP contribution in [0.25, 0.3) is 10.8 Å². The van der Waals surface area contributed by atoms with E-state index in [1.54, 1.807) is 24.3 Å². The van der Waals surface area contributed by atoms with Crippen LogP contribution in [0.4, 0.5) is 34.1 Å². The number of thiol groups is 1. The maximum absolute atomic E-state index is 12.9. The SMILES string of the molecule is COc1cc(/N=N/c2c(S)cc3cc(Nc4ccccc4)ccc3c2O)c(OC)cc1/N=N/c1ccc(S(=O)(=O)N(CCO)CCO)cc1. The summed E-state index contributed by atoms with van der Waals surface area (Å²) in [5.74, 6) is 0.515. The molecule has 0 bridgehead atoms. The van der Waals surface area contributed by atoms with Crippen molar-refractivity contribution in [3.05, 3.63) is 91.0 Å². The maximum atomic E-state index is 12.9. The van der Waals surface area contributed by atoms with E-state index in [4.69, 9.17) is 9.47 Å². The van der Waals surface area contributed by atoms with Gasteiger partial charge >= 0.3 is 0 Å². The number of phenols is 1. The molecule has 0 amide bonds. The molecular weight excluding hydrogens is 669 g/mol. The Bertz CT molecular complexity index is 2090. The highest BCUT2D eigenvalue weighted by atomic mass is 32.2. The molecule has 5 aromatic carbocycles. The number of ether oxygens (including phenoxy) is 2. The van der Waals surface area contributed by atoms with Gasteiger partial charge in [0.1, 0.15) is 28.6 Å². The molecule has 4 N–H and O–H groups in total. The number of aliphatic hydroxyl groups is 2. The van der Waals surface area contributed by atoms with Crippen LogP contribution in [0.1, 0.15) is 0 Å². The monoisotopic (exact) mass is 702 g/mol. The van der Waals surface area contributed by atoms with Crippen LogP contribution in [-0.4, -0.2) is 68.6 Å². The molecule has 0 aliphatic carbocycles. The largest absolute Gasteiger partial charge is 0.505 e. The molecule has 0 aliphatic rings. The molecule has 0 saturated heterocycles. The van der Waals surface area contributed by atoms with E-state index in [2.05, 4.69) is 38.4 Å². The Morgan fingerprint density at radius 3 is 1.96 bits per heavy atom. The zero-order valence-electron chi connectivity index (χ0n) is 26.6. The van der Waals surface area contributed by atoms with Crippen LogP contribution in [-0.2, 0) is 10.0 Å². The highest BCUT2D eigenvalue weighted by Gasteiger charge is 2.23. The van der Waals surface area contributed by atoms with E-state index in [9.17, 15) is 23.7 Å². The summed E-state index contributed by atoms with van der Waals surface area (Å²) in [5.41, 5.74) is 2.90. The summed E-state index contributed by atoms with van der Waals surface area (Å²) in [7, 11) is -1.02. The number of nitrogens with one attached hydrogen (secondary N) is 1. The van der Waals surface area contributed by atoms with E-state index in [1.165, 1.54) is 38.5 Å². The van der Waals surface area contributed by atoms with Gasteiger partial charge in [0.25, 0.3) is 0 Å². The molecule has 5 aromatic rings. The standard InChI is InChI=1S/C34H34N6O7S2/c1-46-30-21-29(38-39-33-32(48)19-22-18-25(10-13-27(22)34(33)43)35-23-6-4-3-5-7-23)31(47-2)20-28(30)37-36-24-8-11-26(12-9-24)49(44,45)40(14-16-41)15-17-42/h3-13,18-21,35,41-43,48H,14-17H2,1-2H3/b37-36+,39-38+. The molecule has 0 unspecified atom stereocenters. The number of methoxy groups -OCH3 is 2. The Hall–Kier alpha value is -5.06. The second kappa shape index (κ2) is 15.9. The summed E-state index contributed by atoms with van der Waals surface area (Å²) in [6, 6.07) is 25.9. The molecule has 0 aliphatic heterocycles. The van der Waals surface area contributed by atoms with Gasteiger partial charge in [-0.3, -0.25) is 0 Å². The summed E-state index contributed by atoms with van der Waals surface area (Å²) >= 11 is 4.57. The molecular formula is C34H34N6O7S2. The molecule has 0 radical (unpaired) electrons. The Kier molecular flexibility index (Phi) is 11.4. The Labute approximate surface area is 288 Å². The third kappa shape index (κ3) is 8.16.